The summed E-state index contributed by atoms with van der Waals surface area (Å²) in [6.07, 6.45) is 0. The molecule has 3 aromatic rings. The number of nitrogens with zero attached hydrogens (tertiary/aromatic N) is 2. The maximum atomic E-state index is 11.1. The third kappa shape index (κ3) is 2.99. The summed E-state index contributed by atoms with van der Waals surface area (Å²) >= 11 is 1.28. The number of carbonyl (C=O) groups is 1. The summed E-state index contributed by atoms with van der Waals surface area (Å²) in [5.74, 6) is -0.830. The largest absolute Gasteiger partial charge is 0.480 e. The Morgan fingerprint density at radius 3 is 2.59 bits per heavy atom. The molecule has 0 saturated heterocycles. The number of aliphatic carboxylic acids is 1. The minimum Gasteiger partial charge on any atom is -0.480 e. The van der Waals surface area contributed by atoms with Crippen molar-refractivity contribution in [2.24, 2.45) is 0 Å². The van der Waals surface area contributed by atoms with E-state index < -0.39 is 11.2 Å². The normalized spacial score (nSPS) is 12.4. The lowest BCUT2D eigenvalue weighted by Crippen LogP contribution is -2.13. The van der Waals surface area contributed by atoms with E-state index in [0.717, 1.165) is 21.8 Å². The Balaban J connectivity index is 2.03. The fourth-order valence-electron chi connectivity index (χ4n) is 2.27. The molecule has 0 amide bonds. The first-order valence-corrected chi connectivity index (χ1v) is 7.92. The van der Waals surface area contributed by atoms with Gasteiger partial charge in [0, 0.05) is 0 Å². The van der Waals surface area contributed by atoms with Crippen LogP contribution in [0.2, 0.25) is 0 Å². The van der Waals surface area contributed by atoms with Gasteiger partial charge in [-0.3, -0.25) is 4.79 Å². The van der Waals surface area contributed by atoms with E-state index in [4.69, 9.17) is 5.11 Å². The van der Waals surface area contributed by atoms with Gasteiger partial charge in [0.05, 0.1) is 17.6 Å². The third-order valence-electron chi connectivity index (χ3n) is 3.43. The van der Waals surface area contributed by atoms with Crippen molar-refractivity contribution in [2.75, 3.05) is 0 Å². The highest BCUT2D eigenvalue weighted by Gasteiger charge is 2.18. The number of hydrogen-bond acceptors (Lipinski definition) is 3. The summed E-state index contributed by atoms with van der Waals surface area (Å²) < 4.78 is 2.08. The SMILES string of the molecule is CC(Sc1nc2ccccc2n1Cc1ccccc1)C(=O)O. The van der Waals surface area contributed by atoms with Gasteiger partial charge >= 0.3 is 5.97 Å². The zero-order chi connectivity index (χ0) is 15.5. The van der Waals surface area contributed by atoms with Gasteiger partial charge in [-0.25, -0.2) is 4.98 Å². The molecule has 0 aliphatic heterocycles. The highest BCUT2D eigenvalue weighted by atomic mass is 32.2. The lowest BCUT2D eigenvalue weighted by Gasteiger charge is -2.10. The Hall–Kier alpha value is -2.27. The Morgan fingerprint density at radius 2 is 1.86 bits per heavy atom. The number of hydrogen-bond donors (Lipinski definition) is 1. The van der Waals surface area contributed by atoms with Gasteiger partial charge in [0.15, 0.2) is 5.16 Å². The molecule has 0 bridgehead atoms. The predicted molar refractivity (Wildman–Crippen MR) is 88.2 cm³/mol. The quantitative estimate of drug-likeness (QED) is 0.731. The number of fused-ring (bicyclic) bond motifs is 1. The van der Waals surface area contributed by atoms with Crippen LogP contribution in [0.5, 0.6) is 0 Å². The average Bonchev–Trinajstić information content (AvgIpc) is 2.86. The van der Waals surface area contributed by atoms with Gasteiger partial charge in [0.25, 0.3) is 0 Å². The maximum Gasteiger partial charge on any atom is 0.316 e. The van der Waals surface area contributed by atoms with Crippen molar-refractivity contribution in [2.45, 2.75) is 23.9 Å². The number of para-hydroxylation sites is 2. The van der Waals surface area contributed by atoms with E-state index >= 15 is 0 Å². The molecule has 1 N–H and O–H groups in total. The first-order valence-electron chi connectivity index (χ1n) is 7.04. The molecule has 4 nitrogen and oxygen atoms in total. The number of rotatable bonds is 5. The highest BCUT2D eigenvalue weighted by Crippen LogP contribution is 2.28. The molecular weight excluding hydrogens is 296 g/mol. The standard InChI is InChI=1S/C17H16N2O2S/c1-12(16(20)21)22-17-18-14-9-5-6-10-15(14)19(17)11-13-7-3-2-4-8-13/h2-10,12H,11H2,1H3,(H,20,21). The van der Waals surface area contributed by atoms with Crippen LogP contribution in [-0.4, -0.2) is 25.9 Å². The lowest BCUT2D eigenvalue weighted by atomic mass is 10.2. The van der Waals surface area contributed by atoms with E-state index in [9.17, 15) is 4.79 Å². The molecule has 5 heteroatoms. The molecule has 0 radical (unpaired) electrons. The van der Waals surface area contributed by atoms with Gasteiger partial charge in [-0.1, -0.05) is 54.2 Å². The molecule has 0 aliphatic rings. The van der Waals surface area contributed by atoms with Crippen molar-refractivity contribution >= 4 is 28.8 Å². The zero-order valence-electron chi connectivity index (χ0n) is 12.1. The molecular formula is C17H16N2O2S. The lowest BCUT2D eigenvalue weighted by molar-refractivity contribution is -0.136. The van der Waals surface area contributed by atoms with Crippen LogP contribution in [0.15, 0.2) is 59.8 Å². The van der Waals surface area contributed by atoms with Crippen molar-refractivity contribution in [1.82, 2.24) is 9.55 Å². The number of thioether (sulfide) groups is 1. The van der Waals surface area contributed by atoms with Crippen molar-refractivity contribution in [1.29, 1.82) is 0 Å². The molecule has 2 aromatic carbocycles. The molecule has 0 aliphatic carbocycles. The second-order valence-electron chi connectivity index (χ2n) is 5.05. The van der Waals surface area contributed by atoms with E-state index in [1.165, 1.54) is 11.8 Å². The van der Waals surface area contributed by atoms with Crippen molar-refractivity contribution in [3.05, 3.63) is 60.2 Å². The van der Waals surface area contributed by atoms with Crippen molar-refractivity contribution in [3.8, 4) is 0 Å². The summed E-state index contributed by atoms with van der Waals surface area (Å²) in [7, 11) is 0. The average molecular weight is 312 g/mol. The summed E-state index contributed by atoms with van der Waals surface area (Å²) in [4.78, 5) is 15.7. The highest BCUT2D eigenvalue weighted by molar-refractivity contribution is 8.00. The van der Waals surface area contributed by atoms with Gasteiger partial charge in [0.2, 0.25) is 0 Å². The van der Waals surface area contributed by atoms with E-state index in [1.807, 2.05) is 42.5 Å². The Bertz CT molecular complexity index is 799. The van der Waals surface area contributed by atoms with Gasteiger partial charge in [-0.05, 0) is 24.6 Å². The summed E-state index contributed by atoms with van der Waals surface area (Å²) in [5, 5.41) is 9.34. The number of carboxylic acid groups (broad SMARTS) is 1. The topological polar surface area (TPSA) is 55.1 Å². The van der Waals surface area contributed by atoms with Crippen LogP contribution < -0.4 is 0 Å². The minimum atomic E-state index is -0.830. The fourth-order valence-corrected chi connectivity index (χ4v) is 3.13. The van der Waals surface area contributed by atoms with Crippen LogP contribution in [0.25, 0.3) is 11.0 Å². The molecule has 3 rings (SSSR count). The first-order chi connectivity index (χ1) is 10.6. The van der Waals surface area contributed by atoms with Crippen molar-refractivity contribution in [3.63, 3.8) is 0 Å². The van der Waals surface area contributed by atoms with Crippen LogP contribution in [0.1, 0.15) is 12.5 Å². The summed E-state index contributed by atoms with van der Waals surface area (Å²) in [6.45, 7) is 2.36. The fraction of sp³-hybridized carbons (Fsp3) is 0.176. The van der Waals surface area contributed by atoms with E-state index in [0.29, 0.717) is 6.54 Å². The van der Waals surface area contributed by atoms with E-state index in [-0.39, 0.29) is 0 Å². The molecule has 1 unspecified atom stereocenters. The number of carboxylic acids is 1. The molecule has 112 valence electrons. The van der Waals surface area contributed by atoms with Gasteiger partial charge < -0.3 is 9.67 Å². The minimum absolute atomic E-state index is 0.536. The van der Waals surface area contributed by atoms with Crippen LogP contribution in [0, 0.1) is 0 Å². The third-order valence-corrected chi connectivity index (χ3v) is 4.51. The van der Waals surface area contributed by atoms with E-state index in [2.05, 4.69) is 21.7 Å². The molecule has 0 fully saturated rings. The van der Waals surface area contributed by atoms with Crippen LogP contribution in [-0.2, 0) is 11.3 Å². The molecule has 1 heterocycles. The van der Waals surface area contributed by atoms with Crippen LogP contribution in [0.3, 0.4) is 0 Å². The van der Waals surface area contributed by atoms with Crippen molar-refractivity contribution < 1.29 is 9.90 Å². The zero-order valence-corrected chi connectivity index (χ0v) is 13.0. The number of benzene rings is 2. The van der Waals surface area contributed by atoms with Crippen LogP contribution in [0.4, 0.5) is 0 Å². The molecule has 0 spiro atoms. The van der Waals surface area contributed by atoms with Gasteiger partial charge in [-0.15, -0.1) is 0 Å². The predicted octanol–water partition coefficient (Wildman–Crippen LogP) is 3.65. The number of aromatic nitrogens is 2. The smallest absolute Gasteiger partial charge is 0.316 e. The first kappa shape index (κ1) is 14.7. The molecule has 1 aromatic heterocycles. The van der Waals surface area contributed by atoms with Gasteiger partial charge in [-0.2, -0.15) is 0 Å². The van der Waals surface area contributed by atoms with E-state index in [1.54, 1.807) is 6.92 Å². The Kier molecular flexibility index (Phi) is 4.15. The molecule has 0 saturated carbocycles. The summed E-state index contributed by atoms with van der Waals surface area (Å²) in [6, 6.07) is 18.0. The Labute approximate surface area is 132 Å². The Morgan fingerprint density at radius 1 is 1.18 bits per heavy atom. The number of imidazole rings is 1. The van der Waals surface area contributed by atoms with Gasteiger partial charge in [0.1, 0.15) is 5.25 Å². The summed E-state index contributed by atoms with van der Waals surface area (Å²) in [5.41, 5.74) is 3.07. The molecule has 1 atom stereocenters. The second-order valence-corrected chi connectivity index (χ2v) is 6.36. The maximum absolute atomic E-state index is 11.1. The van der Waals surface area contributed by atoms with Crippen LogP contribution >= 0.6 is 11.8 Å². The second kappa shape index (κ2) is 6.23. The molecule has 22 heavy (non-hydrogen) atoms. The monoisotopic (exact) mass is 312 g/mol.